The fourth-order valence-corrected chi connectivity index (χ4v) is 8.37. The molecule has 0 radical (unpaired) electrons. The summed E-state index contributed by atoms with van der Waals surface area (Å²) in [5, 5.41) is 17.3. The van der Waals surface area contributed by atoms with Crippen LogP contribution in [-0.4, -0.2) is 104 Å². The zero-order valence-electron chi connectivity index (χ0n) is 35.4. The summed E-state index contributed by atoms with van der Waals surface area (Å²) in [6, 6.07) is 17.5. The van der Waals surface area contributed by atoms with Crippen LogP contribution in [-0.2, 0) is 45.7 Å². The van der Waals surface area contributed by atoms with Crippen LogP contribution in [0.5, 0.6) is 11.5 Å². The first-order valence-electron chi connectivity index (χ1n) is 20.6. The smallest absolute Gasteiger partial charge is 0.245 e. The summed E-state index contributed by atoms with van der Waals surface area (Å²) in [7, 11) is 5.97. The van der Waals surface area contributed by atoms with Gasteiger partial charge in [0, 0.05) is 47.7 Å². The topological polar surface area (TPSA) is 149 Å². The van der Waals surface area contributed by atoms with Gasteiger partial charge >= 0.3 is 0 Å². The molecule has 3 aromatic carbocycles. The lowest BCUT2D eigenvalue weighted by Crippen LogP contribution is -2.65. The lowest BCUT2D eigenvalue weighted by molar-refractivity contribution is -0.147. The summed E-state index contributed by atoms with van der Waals surface area (Å²) in [6.45, 7) is 3.97. The number of hydrogen-bond acceptors (Lipinski definition) is 8. The first-order chi connectivity index (χ1) is 29.2. The van der Waals surface area contributed by atoms with E-state index in [9.17, 15) is 24.3 Å². The van der Waals surface area contributed by atoms with Crippen molar-refractivity contribution in [1.29, 1.82) is 0 Å². The van der Waals surface area contributed by atoms with Crippen molar-refractivity contribution in [3.8, 4) is 22.8 Å². The third kappa shape index (κ3) is 11.2. The second-order valence-electron chi connectivity index (χ2n) is 16.3. The number of carbonyl (C=O) groups excluding carboxylic acids is 4. The van der Waals surface area contributed by atoms with E-state index in [-0.39, 0.29) is 25.4 Å². The Labute approximate surface area is 367 Å². The molecule has 15 heteroatoms. The first-order valence-corrected chi connectivity index (χ1v) is 21.3. The summed E-state index contributed by atoms with van der Waals surface area (Å²) in [6.07, 6.45) is 7.20. The Hall–Kier alpha value is -5.21. The van der Waals surface area contributed by atoms with Crippen molar-refractivity contribution in [2.24, 2.45) is 13.0 Å². The molecule has 1 aromatic heterocycles. The highest BCUT2D eigenvalue weighted by atomic mass is 35.5. The molecule has 61 heavy (non-hydrogen) atoms. The predicted molar refractivity (Wildman–Crippen MR) is 236 cm³/mol. The maximum Gasteiger partial charge on any atom is 0.245 e. The Bertz CT molecular complexity index is 2230. The average Bonchev–Trinajstić information content (AvgIpc) is 3.59. The van der Waals surface area contributed by atoms with Crippen molar-refractivity contribution >= 4 is 46.8 Å². The monoisotopic (exact) mass is 871 g/mol. The number of amides is 4. The van der Waals surface area contributed by atoms with Gasteiger partial charge in [-0.05, 0) is 108 Å². The summed E-state index contributed by atoms with van der Waals surface area (Å²) < 4.78 is 8.45. The van der Waals surface area contributed by atoms with Crippen LogP contribution in [0.1, 0.15) is 56.5 Å². The molecule has 2 bridgehead atoms. The van der Waals surface area contributed by atoms with Crippen molar-refractivity contribution < 1.29 is 29.0 Å². The number of benzene rings is 3. The molecule has 0 saturated carbocycles. The SMILES string of the molecule is C/C=C/CC1CC(=O)N(Cc2ccc(Cl)cc2Oc2ccc(-c3cnc(CN(C)C)n3C)cc2)C(C)C(=O)NC(CO)C(=O)NC2(Cc3ccc(Cl)cc3)CCCN(C2)C1=O. The Balaban J connectivity index is 1.30. The highest BCUT2D eigenvalue weighted by Gasteiger charge is 2.43. The van der Waals surface area contributed by atoms with Gasteiger partial charge in [0.2, 0.25) is 23.6 Å². The fourth-order valence-electron chi connectivity index (χ4n) is 8.08. The number of aliphatic hydroxyl groups is 1. The van der Waals surface area contributed by atoms with Gasteiger partial charge in [-0.1, -0.05) is 53.6 Å². The third-order valence-corrected chi connectivity index (χ3v) is 11.9. The van der Waals surface area contributed by atoms with Gasteiger partial charge in [0.25, 0.3) is 0 Å². The standard InChI is InChI=1S/C46H55Cl2N7O6/c1-6-7-9-33-22-42(57)55(26-34-12-17-36(48)23-40(34)61-37-18-13-32(14-19-37)39-25-49-41(53(39)5)27-52(3)4)30(2)43(58)50-38(28-56)44(59)51-46(20-8-21-54(29-46)45(33)60)24-31-10-15-35(47)16-11-31/h6-7,10-19,23,25,30,33,38,56H,8-9,20-22,24,26-29H2,1-5H3,(H,50,58)(H,51,59)/b7-6+. The van der Waals surface area contributed by atoms with E-state index >= 15 is 0 Å². The predicted octanol–water partition coefficient (Wildman–Crippen LogP) is 6.15. The number of ether oxygens (including phenoxy) is 1. The highest BCUT2D eigenvalue weighted by Crippen LogP contribution is 2.33. The summed E-state index contributed by atoms with van der Waals surface area (Å²) in [5.74, 6) is -0.820. The number of aromatic nitrogens is 2. The molecule has 2 aliphatic heterocycles. The molecular formula is C46H55Cl2N7O6. The van der Waals surface area contributed by atoms with Crippen LogP contribution in [0.2, 0.25) is 10.0 Å². The molecule has 6 rings (SSSR count). The van der Waals surface area contributed by atoms with Crippen LogP contribution >= 0.6 is 23.2 Å². The van der Waals surface area contributed by atoms with E-state index in [0.717, 1.165) is 22.6 Å². The molecule has 2 saturated heterocycles. The van der Waals surface area contributed by atoms with E-state index in [1.54, 1.807) is 42.2 Å². The van der Waals surface area contributed by atoms with Crippen LogP contribution < -0.4 is 15.4 Å². The fraction of sp³-hybridized carbons (Fsp3) is 0.413. The van der Waals surface area contributed by atoms with Crippen molar-refractivity contribution in [2.45, 2.75) is 76.7 Å². The average molecular weight is 873 g/mol. The van der Waals surface area contributed by atoms with Gasteiger partial charge in [-0.25, -0.2) is 4.98 Å². The maximum atomic E-state index is 14.6. The number of nitrogens with zero attached hydrogens (tertiary/aromatic N) is 5. The molecule has 4 atom stereocenters. The molecule has 3 N–H and O–H groups in total. The molecule has 2 fully saturated rings. The summed E-state index contributed by atoms with van der Waals surface area (Å²) in [4.78, 5) is 67.0. The molecular weight excluding hydrogens is 817 g/mol. The molecule has 0 spiro atoms. The van der Waals surface area contributed by atoms with Gasteiger partial charge in [0.15, 0.2) is 0 Å². The molecule has 4 aromatic rings. The number of nitrogens with one attached hydrogen (secondary N) is 2. The number of halogens is 2. The van der Waals surface area contributed by atoms with Crippen LogP contribution in [0.4, 0.5) is 0 Å². The van der Waals surface area contributed by atoms with Crippen LogP contribution in [0.25, 0.3) is 11.3 Å². The van der Waals surface area contributed by atoms with Gasteiger partial charge in [-0.15, -0.1) is 0 Å². The minimum Gasteiger partial charge on any atom is -0.457 e. The van der Waals surface area contributed by atoms with Crippen molar-refractivity contribution in [1.82, 2.24) is 34.9 Å². The number of piperidine rings is 1. The van der Waals surface area contributed by atoms with Crippen LogP contribution in [0, 0.1) is 5.92 Å². The Morgan fingerprint density at radius 3 is 2.41 bits per heavy atom. The number of carbonyl (C=O) groups is 4. The molecule has 13 nitrogen and oxygen atoms in total. The zero-order chi connectivity index (χ0) is 43.8. The second-order valence-corrected chi connectivity index (χ2v) is 17.2. The minimum absolute atomic E-state index is 0.0872. The Morgan fingerprint density at radius 2 is 1.72 bits per heavy atom. The number of imidazole rings is 1. The maximum absolute atomic E-state index is 14.6. The first kappa shape index (κ1) is 45.3. The van der Waals surface area contributed by atoms with Gasteiger partial charge in [0.05, 0.1) is 43.0 Å². The zero-order valence-corrected chi connectivity index (χ0v) is 36.9. The molecule has 4 amide bonds. The minimum atomic E-state index is -1.33. The van der Waals surface area contributed by atoms with Crippen LogP contribution in [0.3, 0.4) is 0 Å². The van der Waals surface area contributed by atoms with E-state index in [1.165, 1.54) is 4.90 Å². The van der Waals surface area contributed by atoms with Crippen LogP contribution in [0.15, 0.2) is 85.1 Å². The second kappa shape index (κ2) is 20.1. The van der Waals surface area contributed by atoms with E-state index in [0.29, 0.717) is 65.9 Å². The number of hydrogen-bond donors (Lipinski definition) is 3. The van der Waals surface area contributed by atoms with Crippen molar-refractivity contribution in [2.75, 3.05) is 33.8 Å². The molecule has 4 unspecified atom stereocenters. The Morgan fingerprint density at radius 1 is 1.00 bits per heavy atom. The van der Waals surface area contributed by atoms with E-state index in [4.69, 9.17) is 27.9 Å². The van der Waals surface area contributed by atoms with E-state index in [1.807, 2.05) is 82.8 Å². The largest absolute Gasteiger partial charge is 0.457 e. The lowest BCUT2D eigenvalue weighted by atomic mass is 9.82. The van der Waals surface area contributed by atoms with Crippen molar-refractivity contribution in [3.05, 3.63) is 112 Å². The van der Waals surface area contributed by atoms with E-state index < -0.39 is 47.9 Å². The summed E-state index contributed by atoms with van der Waals surface area (Å²) >= 11 is 12.7. The number of allylic oxidation sites excluding steroid dienone is 2. The number of aliphatic hydroxyl groups excluding tert-OH is 1. The summed E-state index contributed by atoms with van der Waals surface area (Å²) in [5.41, 5.74) is 2.44. The number of rotatable bonds is 12. The molecule has 0 aliphatic carbocycles. The molecule has 324 valence electrons. The lowest BCUT2D eigenvalue weighted by Gasteiger charge is -2.45. The normalized spacial score (nSPS) is 21.8. The molecule has 3 heterocycles. The van der Waals surface area contributed by atoms with Gasteiger partial charge in [-0.3, -0.25) is 19.2 Å². The Kier molecular flexibility index (Phi) is 14.9. The quantitative estimate of drug-likeness (QED) is 0.144. The number of fused-ring (bicyclic) bond motifs is 2. The van der Waals surface area contributed by atoms with E-state index in [2.05, 4.69) is 25.1 Å². The third-order valence-electron chi connectivity index (χ3n) is 11.4. The van der Waals surface area contributed by atoms with Gasteiger partial charge < -0.3 is 39.7 Å². The van der Waals surface area contributed by atoms with Gasteiger partial charge in [0.1, 0.15) is 29.4 Å². The highest BCUT2D eigenvalue weighted by molar-refractivity contribution is 6.31. The van der Waals surface area contributed by atoms with Crippen molar-refractivity contribution in [3.63, 3.8) is 0 Å². The molecule has 2 aliphatic rings. The van der Waals surface area contributed by atoms with Gasteiger partial charge in [-0.2, -0.15) is 0 Å².